The van der Waals surface area contributed by atoms with Crippen LogP contribution in [0, 0.1) is 11.8 Å². The first kappa shape index (κ1) is 29.3. The molecule has 0 saturated carbocycles. The third-order valence-electron chi connectivity index (χ3n) is 6.41. The van der Waals surface area contributed by atoms with Gasteiger partial charge in [-0.15, -0.1) is 5.92 Å². The van der Waals surface area contributed by atoms with Gasteiger partial charge in [-0.2, -0.15) is 18.2 Å². The van der Waals surface area contributed by atoms with Crippen LogP contribution in [0.1, 0.15) is 30.2 Å². The lowest BCUT2D eigenvalue weighted by Gasteiger charge is -2.28. The van der Waals surface area contributed by atoms with Crippen molar-refractivity contribution >= 4 is 34.8 Å². The van der Waals surface area contributed by atoms with Crippen LogP contribution in [-0.2, 0) is 27.4 Å². The van der Waals surface area contributed by atoms with Gasteiger partial charge in [-0.25, -0.2) is 14.4 Å². The van der Waals surface area contributed by atoms with E-state index in [9.17, 15) is 37.1 Å². The molecule has 1 unspecified atom stereocenters. The number of ether oxygens (including phenoxy) is 1. The Morgan fingerprint density at radius 2 is 1.76 bits per heavy atom. The van der Waals surface area contributed by atoms with Crippen LogP contribution in [0.3, 0.4) is 0 Å². The van der Waals surface area contributed by atoms with Crippen molar-refractivity contribution in [2.75, 3.05) is 31.1 Å². The number of piperazine rings is 1. The topological polar surface area (TPSA) is 138 Å². The number of nitrogens with zero attached hydrogens (tertiary/aromatic N) is 5. The zero-order valence-corrected chi connectivity index (χ0v) is 22.0. The standard InChI is InChI=1S/C26H25F3N6O6/c1-3-4-12-33-19-20(31-24(33)32-13-10-30-11-14-32)35(16(2)22(38)41-23(39)26(27,28)29)25(40)34(21(19)37)15-18(36)17-8-6-5-7-9-17/h5-9,16,30H,10-15H2,1-2H3. The van der Waals surface area contributed by atoms with E-state index in [1.54, 1.807) is 25.1 Å². The molecule has 1 fully saturated rings. The molecule has 0 radical (unpaired) electrons. The molecule has 0 aliphatic carbocycles. The van der Waals surface area contributed by atoms with Crippen molar-refractivity contribution in [3.63, 3.8) is 0 Å². The van der Waals surface area contributed by atoms with E-state index in [1.165, 1.54) is 16.7 Å². The highest BCUT2D eigenvalue weighted by molar-refractivity contribution is 5.96. The molecular formula is C26H25F3N6O6. The van der Waals surface area contributed by atoms with Crippen molar-refractivity contribution in [2.24, 2.45) is 0 Å². The van der Waals surface area contributed by atoms with E-state index < -0.39 is 47.7 Å². The fourth-order valence-corrected chi connectivity index (χ4v) is 4.34. The van der Waals surface area contributed by atoms with Gasteiger partial charge in [-0.3, -0.25) is 23.3 Å². The monoisotopic (exact) mass is 574 g/mol. The number of rotatable bonds is 7. The van der Waals surface area contributed by atoms with Gasteiger partial charge in [0.25, 0.3) is 5.56 Å². The molecule has 3 heterocycles. The van der Waals surface area contributed by atoms with Crippen LogP contribution in [0.25, 0.3) is 11.2 Å². The lowest BCUT2D eigenvalue weighted by atomic mass is 10.1. The number of esters is 2. The molecule has 1 aliphatic heterocycles. The van der Waals surface area contributed by atoms with Crippen LogP contribution in [-0.4, -0.2) is 68.8 Å². The van der Waals surface area contributed by atoms with Gasteiger partial charge in [-0.05, 0) is 13.8 Å². The van der Waals surface area contributed by atoms with Gasteiger partial charge in [0, 0.05) is 31.7 Å². The maximum atomic E-state index is 13.8. The van der Waals surface area contributed by atoms with Crippen LogP contribution in [0.5, 0.6) is 0 Å². The lowest BCUT2D eigenvalue weighted by molar-refractivity contribution is -0.202. The summed E-state index contributed by atoms with van der Waals surface area (Å²) in [6.07, 6.45) is -5.47. The van der Waals surface area contributed by atoms with E-state index in [4.69, 9.17) is 0 Å². The predicted octanol–water partition coefficient (Wildman–Crippen LogP) is 0.869. The number of nitrogens with one attached hydrogen (secondary N) is 1. The summed E-state index contributed by atoms with van der Waals surface area (Å²) in [6.45, 7) is 3.88. The van der Waals surface area contributed by atoms with Crippen molar-refractivity contribution in [1.82, 2.24) is 24.0 Å². The number of benzene rings is 1. The fourth-order valence-electron chi connectivity index (χ4n) is 4.34. The Labute approximate surface area is 230 Å². The van der Waals surface area contributed by atoms with Crippen LogP contribution in [0.4, 0.5) is 19.1 Å². The molecule has 0 amide bonds. The first-order chi connectivity index (χ1) is 19.5. The number of ketones is 1. The van der Waals surface area contributed by atoms with Crippen molar-refractivity contribution in [1.29, 1.82) is 0 Å². The summed E-state index contributed by atoms with van der Waals surface area (Å²) in [5.74, 6) is 0.689. The van der Waals surface area contributed by atoms with Gasteiger partial charge in [-0.1, -0.05) is 36.3 Å². The third-order valence-corrected chi connectivity index (χ3v) is 6.41. The Balaban J connectivity index is 1.96. The molecule has 1 saturated heterocycles. The average Bonchev–Trinajstić information content (AvgIpc) is 3.33. The molecule has 1 aromatic carbocycles. The summed E-state index contributed by atoms with van der Waals surface area (Å²) in [6, 6.07) is 5.97. The largest absolute Gasteiger partial charge is 0.491 e. The summed E-state index contributed by atoms with van der Waals surface area (Å²) in [5.41, 5.74) is -2.46. The summed E-state index contributed by atoms with van der Waals surface area (Å²) in [7, 11) is 0. The van der Waals surface area contributed by atoms with Crippen LogP contribution < -0.4 is 21.5 Å². The minimum Gasteiger partial charge on any atom is -0.385 e. The number of aromatic nitrogens is 4. The van der Waals surface area contributed by atoms with Gasteiger partial charge in [0.1, 0.15) is 6.04 Å². The zero-order valence-electron chi connectivity index (χ0n) is 22.0. The highest BCUT2D eigenvalue weighted by Gasteiger charge is 2.43. The number of Topliss-reactive ketones (excluding diaryl/α,β-unsaturated/α-hetero) is 1. The Morgan fingerprint density at radius 1 is 1.10 bits per heavy atom. The average molecular weight is 575 g/mol. The molecule has 12 nitrogen and oxygen atoms in total. The summed E-state index contributed by atoms with van der Waals surface area (Å²) >= 11 is 0. The highest BCUT2D eigenvalue weighted by atomic mass is 19.4. The minimum atomic E-state index is -5.47. The molecule has 2 aromatic heterocycles. The van der Waals surface area contributed by atoms with Crippen molar-refractivity contribution in [3.05, 3.63) is 56.7 Å². The summed E-state index contributed by atoms with van der Waals surface area (Å²) in [5, 5.41) is 3.17. The number of carbonyl (C=O) groups excluding carboxylic acids is 3. The molecule has 1 aliphatic rings. The quantitative estimate of drug-likeness (QED) is 0.189. The molecule has 3 aromatic rings. The number of alkyl halides is 3. The molecule has 0 bridgehead atoms. The van der Waals surface area contributed by atoms with Gasteiger partial charge in [0.2, 0.25) is 5.95 Å². The van der Waals surface area contributed by atoms with E-state index in [0.717, 1.165) is 6.92 Å². The molecule has 216 valence electrons. The Hall–Kier alpha value is -4.71. The molecule has 0 spiro atoms. The third kappa shape index (κ3) is 5.92. The highest BCUT2D eigenvalue weighted by Crippen LogP contribution is 2.24. The molecule has 4 rings (SSSR count). The number of anilines is 1. The van der Waals surface area contributed by atoms with Crippen LogP contribution >= 0.6 is 0 Å². The Bertz CT molecular complexity index is 1670. The van der Waals surface area contributed by atoms with Gasteiger partial charge < -0.3 is 15.0 Å². The molecule has 1 atom stereocenters. The minimum absolute atomic E-state index is 0.0578. The molecule has 41 heavy (non-hydrogen) atoms. The van der Waals surface area contributed by atoms with E-state index in [0.29, 0.717) is 35.3 Å². The van der Waals surface area contributed by atoms with E-state index in [2.05, 4.69) is 26.9 Å². The molecule has 1 N–H and O–H groups in total. The zero-order chi connectivity index (χ0) is 29.9. The first-order valence-electron chi connectivity index (χ1n) is 12.5. The fraction of sp³-hybridized carbons (Fsp3) is 0.385. The summed E-state index contributed by atoms with van der Waals surface area (Å²) < 4.78 is 45.0. The first-order valence-corrected chi connectivity index (χ1v) is 12.5. The van der Waals surface area contributed by atoms with Gasteiger partial charge in [0.15, 0.2) is 16.9 Å². The second-order valence-corrected chi connectivity index (χ2v) is 9.05. The van der Waals surface area contributed by atoms with Crippen molar-refractivity contribution in [3.8, 4) is 11.8 Å². The number of imidazole rings is 1. The number of carbonyl (C=O) groups is 3. The number of halogens is 3. The normalized spacial score (nSPS) is 14.3. The smallest absolute Gasteiger partial charge is 0.385 e. The number of hydrogen-bond donors (Lipinski definition) is 1. The molecular weight excluding hydrogens is 549 g/mol. The van der Waals surface area contributed by atoms with Gasteiger partial charge >= 0.3 is 23.8 Å². The number of fused-ring (bicyclic) bond motifs is 1. The van der Waals surface area contributed by atoms with E-state index in [1.807, 2.05) is 4.90 Å². The van der Waals surface area contributed by atoms with Crippen LogP contribution in [0.15, 0.2) is 39.9 Å². The maximum absolute atomic E-state index is 13.8. The van der Waals surface area contributed by atoms with Gasteiger partial charge in [0.05, 0.1) is 13.1 Å². The number of hydrogen-bond acceptors (Lipinski definition) is 9. The van der Waals surface area contributed by atoms with Crippen molar-refractivity contribution < 1.29 is 32.3 Å². The van der Waals surface area contributed by atoms with E-state index >= 15 is 0 Å². The second-order valence-electron chi connectivity index (χ2n) is 9.05. The summed E-state index contributed by atoms with van der Waals surface area (Å²) in [4.78, 5) is 70.8. The van der Waals surface area contributed by atoms with Crippen molar-refractivity contribution in [2.45, 2.75) is 39.2 Å². The Kier molecular flexibility index (Phi) is 8.43. The van der Waals surface area contributed by atoms with Crippen LogP contribution in [0.2, 0.25) is 0 Å². The SMILES string of the molecule is CC#CCn1c(N2CCNCC2)nc2c1c(=O)n(CC(=O)c1ccccc1)c(=O)n2C(C)C(=O)OC(=O)C(F)(F)F. The molecule has 15 heteroatoms. The maximum Gasteiger partial charge on any atom is 0.491 e. The predicted molar refractivity (Wildman–Crippen MR) is 139 cm³/mol. The second kappa shape index (κ2) is 11.8. The Morgan fingerprint density at radius 3 is 2.37 bits per heavy atom. The lowest BCUT2D eigenvalue weighted by Crippen LogP contribution is -2.45. The van der Waals surface area contributed by atoms with E-state index in [-0.39, 0.29) is 29.2 Å².